The van der Waals surface area contributed by atoms with Crippen LogP contribution < -0.4 is 0 Å². The number of rotatable bonds is 1. The molecular formula is C3H5Cl2Na. The molecule has 0 aliphatic carbocycles. The second-order valence-corrected chi connectivity index (χ2v) is 1.08. The van der Waals surface area contributed by atoms with Crippen molar-refractivity contribution in [2.45, 2.75) is 0 Å². The van der Waals surface area contributed by atoms with E-state index in [1.807, 2.05) is 0 Å². The van der Waals surface area contributed by atoms with E-state index in [1.165, 1.54) is 5.54 Å². The van der Waals surface area contributed by atoms with E-state index in [0.29, 0.717) is 5.88 Å². The van der Waals surface area contributed by atoms with Crippen LogP contribution in [0.2, 0.25) is 0 Å². The molecule has 0 saturated carbocycles. The summed E-state index contributed by atoms with van der Waals surface area (Å²) in [6.07, 6.45) is 1.66. The molecule has 0 radical (unpaired) electrons. The Morgan fingerprint density at radius 1 is 1.50 bits per heavy atom. The molecule has 0 aromatic carbocycles. The van der Waals surface area contributed by atoms with Crippen molar-refractivity contribution in [3.05, 3.63) is 11.6 Å². The Kier molecular flexibility index (Phi) is 16.5. The molecule has 0 saturated heterocycles. The van der Waals surface area contributed by atoms with Gasteiger partial charge in [0.05, 0.1) is 0 Å². The average molecular weight is 135 g/mol. The van der Waals surface area contributed by atoms with E-state index in [2.05, 4.69) is 0 Å². The van der Waals surface area contributed by atoms with Crippen LogP contribution in [0.5, 0.6) is 0 Å². The second-order valence-electron chi connectivity index (χ2n) is 0.516. The fourth-order valence-electron chi connectivity index (χ4n) is 0.0337. The normalized spacial score (nSPS) is 8.33. The molecular weight excluding hydrogens is 130 g/mol. The van der Waals surface area contributed by atoms with Crippen molar-refractivity contribution >= 4 is 52.8 Å². The number of hydrogen-bond donors (Lipinski definition) is 0. The van der Waals surface area contributed by atoms with Gasteiger partial charge >= 0.3 is 29.6 Å². The van der Waals surface area contributed by atoms with Crippen LogP contribution in [0.25, 0.3) is 0 Å². The van der Waals surface area contributed by atoms with Crippen molar-refractivity contribution < 1.29 is 0 Å². The van der Waals surface area contributed by atoms with E-state index < -0.39 is 0 Å². The Bertz CT molecular complexity index is 35.8. The van der Waals surface area contributed by atoms with Crippen molar-refractivity contribution in [1.29, 1.82) is 0 Å². The number of halogens is 2. The summed E-state index contributed by atoms with van der Waals surface area (Å²) in [5.74, 6) is 0.503. The SMILES string of the molecule is ClC=CCCl.[NaH]. The first-order valence-corrected chi connectivity index (χ1v) is 2.20. The maximum atomic E-state index is 5.13. The van der Waals surface area contributed by atoms with Gasteiger partial charge in [-0.15, -0.1) is 11.6 Å². The van der Waals surface area contributed by atoms with Gasteiger partial charge in [0.25, 0.3) is 0 Å². The Hall–Kier alpha value is 1.32. The van der Waals surface area contributed by atoms with Crippen LogP contribution >= 0.6 is 23.2 Å². The van der Waals surface area contributed by atoms with Gasteiger partial charge < -0.3 is 0 Å². The maximum absolute atomic E-state index is 5.13. The van der Waals surface area contributed by atoms with Gasteiger partial charge in [-0.2, -0.15) is 0 Å². The number of allylic oxidation sites excluding steroid dienone is 1. The molecule has 0 aromatic heterocycles. The third-order valence-corrected chi connectivity index (χ3v) is 0.535. The Labute approximate surface area is 69.8 Å². The molecule has 0 aromatic rings. The predicted molar refractivity (Wildman–Crippen MR) is 32.9 cm³/mol. The van der Waals surface area contributed by atoms with Crippen molar-refractivity contribution in [2.24, 2.45) is 0 Å². The standard InChI is InChI=1S/C3H4Cl2.Na.H/c4-2-1-3-5;;/h1-2H,3H2;;. The summed E-state index contributed by atoms with van der Waals surface area (Å²) in [6, 6.07) is 0. The molecule has 3 heteroatoms. The van der Waals surface area contributed by atoms with E-state index in [1.54, 1.807) is 6.08 Å². The number of alkyl halides is 1. The fraction of sp³-hybridized carbons (Fsp3) is 0.333. The Morgan fingerprint density at radius 3 is 2.00 bits per heavy atom. The van der Waals surface area contributed by atoms with Gasteiger partial charge in [-0.25, -0.2) is 0 Å². The van der Waals surface area contributed by atoms with Crippen LogP contribution in [-0.2, 0) is 0 Å². The first-order chi connectivity index (χ1) is 2.41. The van der Waals surface area contributed by atoms with E-state index in [9.17, 15) is 0 Å². The quantitative estimate of drug-likeness (QED) is 0.375. The van der Waals surface area contributed by atoms with Crippen LogP contribution in [0.3, 0.4) is 0 Å². The van der Waals surface area contributed by atoms with E-state index in [4.69, 9.17) is 23.2 Å². The molecule has 0 atom stereocenters. The molecule has 0 aliphatic heterocycles. The summed E-state index contributed by atoms with van der Waals surface area (Å²) in [5, 5.41) is 0. The van der Waals surface area contributed by atoms with Crippen molar-refractivity contribution in [1.82, 2.24) is 0 Å². The topological polar surface area (TPSA) is 0 Å². The fourth-order valence-corrected chi connectivity index (χ4v) is 0.303. The first-order valence-electron chi connectivity index (χ1n) is 1.23. The molecule has 0 bridgehead atoms. The molecule has 0 amide bonds. The van der Waals surface area contributed by atoms with E-state index >= 15 is 0 Å². The van der Waals surface area contributed by atoms with Gasteiger partial charge in [0.15, 0.2) is 0 Å². The van der Waals surface area contributed by atoms with Gasteiger partial charge in [-0.05, 0) is 0 Å². The summed E-state index contributed by atoms with van der Waals surface area (Å²) in [4.78, 5) is 0. The van der Waals surface area contributed by atoms with Gasteiger partial charge in [-0.1, -0.05) is 17.7 Å². The van der Waals surface area contributed by atoms with Crippen LogP contribution in [0, 0.1) is 0 Å². The predicted octanol–water partition coefficient (Wildman–Crippen LogP) is 1.33. The monoisotopic (exact) mass is 134 g/mol. The van der Waals surface area contributed by atoms with Gasteiger partial charge in [0.1, 0.15) is 0 Å². The van der Waals surface area contributed by atoms with Gasteiger partial charge in [0, 0.05) is 11.4 Å². The first kappa shape index (κ1) is 10.3. The average Bonchev–Trinajstić information content (AvgIpc) is 1.41. The third-order valence-electron chi connectivity index (χ3n) is 0.178. The second kappa shape index (κ2) is 9.58. The molecule has 0 N–H and O–H groups in total. The Morgan fingerprint density at radius 2 is 2.00 bits per heavy atom. The summed E-state index contributed by atoms with van der Waals surface area (Å²) >= 11 is 10.2. The zero-order chi connectivity index (χ0) is 4.12. The molecule has 0 fully saturated rings. The summed E-state index contributed by atoms with van der Waals surface area (Å²) in [7, 11) is 0. The van der Waals surface area contributed by atoms with Crippen molar-refractivity contribution in [3.63, 3.8) is 0 Å². The summed E-state index contributed by atoms with van der Waals surface area (Å²) < 4.78 is 0. The van der Waals surface area contributed by atoms with Crippen LogP contribution in [0.4, 0.5) is 0 Å². The molecule has 0 aliphatic rings. The third kappa shape index (κ3) is 9.01. The summed E-state index contributed by atoms with van der Waals surface area (Å²) in [5.41, 5.74) is 1.40. The van der Waals surface area contributed by atoms with E-state index in [-0.39, 0.29) is 29.6 Å². The molecule has 32 valence electrons. The summed E-state index contributed by atoms with van der Waals surface area (Å²) in [6.45, 7) is 0. The molecule has 0 unspecified atom stereocenters. The number of hydrogen-bond acceptors (Lipinski definition) is 0. The zero-order valence-electron chi connectivity index (χ0n) is 2.62. The Balaban J connectivity index is 0. The van der Waals surface area contributed by atoms with Crippen LogP contribution in [-0.4, -0.2) is 35.4 Å². The van der Waals surface area contributed by atoms with Gasteiger partial charge in [-0.3, -0.25) is 0 Å². The molecule has 0 nitrogen and oxygen atoms in total. The van der Waals surface area contributed by atoms with Crippen LogP contribution in [0.1, 0.15) is 0 Å². The molecule has 0 heterocycles. The minimum absolute atomic E-state index is 0. The van der Waals surface area contributed by atoms with E-state index in [0.717, 1.165) is 0 Å². The van der Waals surface area contributed by atoms with Crippen LogP contribution in [0.15, 0.2) is 11.6 Å². The molecule has 0 rings (SSSR count). The van der Waals surface area contributed by atoms with Gasteiger partial charge in [0.2, 0.25) is 0 Å². The van der Waals surface area contributed by atoms with Crippen molar-refractivity contribution in [2.75, 3.05) is 5.88 Å². The zero-order valence-corrected chi connectivity index (χ0v) is 4.13. The molecule has 0 spiro atoms. The minimum atomic E-state index is 0. The van der Waals surface area contributed by atoms with Crippen molar-refractivity contribution in [3.8, 4) is 0 Å². The molecule has 6 heavy (non-hydrogen) atoms.